The molecule has 0 spiro atoms. The summed E-state index contributed by atoms with van der Waals surface area (Å²) >= 11 is 0. The van der Waals surface area contributed by atoms with Crippen LogP contribution in [0.3, 0.4) is 0 Å². The van der Waals surface area contributed by atoms with Gasteiger partial charge in [0.15, 0.2) is 11.5 Å². The van der Waals surface area contributed by atoms with Crippen molar-refractivity contribution < 1.29 is 17.7 Å². The summed E-state index contributed by atoms with van der Waals surface area (Å²) in [5.74, 6) is 0.409. The third-order valence-corrected chi connectivity index (χ3v) is 17.9. The summed E-state index contributed by atoms with van der Waals surface area (Å²) in [6.45, 7) is 20.5. The molecule has 34 heavy (non-hydrogen) atoms. The van der Waals surface area contributed by atoms with Crippen molar-refractivity contribution in [2.24, 2.45) is 5.92 Å². The summed E-state index contributed by atoms with van der Waals surface area (Å²) in [6.07, 6.45) is 2.56. The van der Waals surface area contributed by atoms with E-state index >= 15 is 0 Å². The number of nitrogens with two attached hydrogens (primary N) is 1. The third kappa shape index (κ3) is 3.94. The highest BCUT2D eigenvalue weighted by Gasteiger charge is 2.61. The molecule has 2 aromatic rings. The Bertz CT molecular complexity index is 998. The Morgan fingerprint density at radius 2 is 1.56 bits per heavy atom. The molecule has 2 N–H and O–H groups in total. The molecule has 1 unspecified atom stereocenters. The van der Waals surface area contributed by atoms with Gasteiger partial charge in [-0.15, -0.1) is 0 Å². The maximum absolute atomic E-state index is 7.30. The molecule has 11 heteroatoms. The van der Waals surface area contributed by atoms with Gasteiger partial charge in [0.05, 0.1) is 19.0 Å². The molecule has 4 atom stereocenters. The number of imidazole rings is 1. The first-order valence-corrected chi connectivity index (χ1v) is 16.5. The average molecular weight is 508 g/mol. The topological polar surface area (TPSA) is 107 Å². The highest BCUT2D eigenvalue weighted by Crippen LogP contribution is 2.49. The number of rotatable bonds is 5. The van der Waals surface area contributed by atoms with E-state index in [4.69, 9.17) is 23.4 Å². The lowest BCUT2D eigenvalue weighted by molar-refractivity contribution is -0.0549. The molecule has 2 fully saturated rings. The van der Waals surface area contributed by atoms with Gasteiger partial charge in [0.25, 0.3) is 0 Å². The van der Waals surface area contributed by atoms with E-state index < -0.39 is 17.1 Å². The molecule has 4 heterocycles. The minimum Gasteiger partial charge on any atom is -0.414 e. The first kappa shape index (κ1) is 25.7. The van der Waals surface area contributed by atoms with Crippen molar-refractivity contribution >= 4 is 34.1 Å². The minimum atomic E-state index is -2.70. The zero-order chi connectivity index (χ0) is 25.0. The van der Waals surface area contributed by atoms with E-state index in [9.17, 15) is 0 Å². The van der Waals surface area contributed by atoms with Crippen LogP contribution in [0.1, 0.15) is 68.5 Å². The molecule has 190 valence electrons. The van der Waals surface area contributed by atoms with Gasteiger partial charge in [0.2, 0.25) is 0 Å². The summed E-state index contributed by atoms with van der Waals surface area (Å²) in [5, 5.41) is 0. The van der Waals surface area contributed by atoms with Crippen LogP contribution < -0.4 is 5.73 Å². The van der Waals surface area contributed by atoms with E-state index in [1.807, 2.05) is 4.57 Å². The lowest BCUT2D eigenvalue weighted by atomic mass is 10.0. The highest BCUT2D eigenvalue weighted by atomic mass is 28.5. The number of nitrogens with zero attached hydrogens (tertiary/aromatic N) is 4. The lowest BCUT2D eigenvalue weighted by Crippen LogP contribution is -2.65. The zero-order valence-corrected chi connectivity index (χ0v) is 24.0. The second-order valence-electron chi connectivity index (χ2n) is 11.1. The summed E-state index contributed by atoms with van der Waals surface area (Å²) in [4.78, 5) is 13.0. The van der Waals surface area contributed by atoms with Gasteiger partial charge < -0.3 is 23.4 Å². The molecule has 2 aliphatic heterocycles. The van der Waals surface area contributed by atoms with E-state index in [0.717, 1.165) is 0 Å². The van der Waals surface area contributed by atoms with Crippen molar-refractivity contribution in [1.82, 2.24) is 19.5 Å². The Morgan fingerprint density at radius 1 is 0.941 bits per heavy atom. The van der Waals surface area contributed by atoms with Crippen LogP contribution in [0.25, 0.3) is 11.2 Å². The number of nitrogen functional groups attached to an aromatic ring is 1. The van der Waals surface area contributed by atoms with E-state index in [1.165, 1.54) is 6.33 Å². The standard InChI is InChI=1S/C23H41N5O4Si2/c1-13(2)33(14(3)4)29-10-18-20(31-34(32-33,15(5)6)16(7)8)17(9)23(30-18)28-12-27-19-21(24)25-11-26-22(19)28/h11-18,20,23H,10H2,1-9H3,(H2,24,25,26)/t17?,18-,20-,23-/m1/s1. The van der Waals surface area contributed by atoms with Gasteiger partial charge >= 0.3 is 17.1 Å². The molecule has 2 aromatic heterocycles. The van der Waals surface area contributed by atoms with E-state index in [2.05, 4.69) is 77.3 Å². The maximum atomic E-state index is 7.30. The molecule has 2 aliphatic rings. The fourth-order valence-electron chi connectivity index (χ4n) is 5.71. The van der Waals surface area contributed by atoms with Crippen molar-refractivity contribution in [3.8, 4) is 0 Å². The van der Waals surface area contributed by atoms with Crippen molar-refractivity contribution in [2.75, 3.05) is 12.3 Å². The van der Waals surface area contributed by atoms with Crippen LogP contribution in [0, 0.1) is 5.92 Å². The SMILES string of the molecule is CC1[C@H]2O[Si](C(C)C)(C(C)C)O[Si](C(C)C)(C(C)C)OC[C@H]2O[C@H]1n1cnc2c(N)ncnc21. The monoisotopic (exact) mass is 507 g/mol. The second-order valence-corrected chi connectivity index (χ2v) is 19.9. The van der Waals surface area contributed by atoms with Crippen LogP contribution in [-0.4, -0.2) is 55.5 Å². The van der Waals surface area contributed by atoms with Gasteiger partial charge in [0.1, 0.15) is 24.2 Å². The van der Waals surface area contributed by atoms with Gasteiger partial charge in [-0.1, -0.05) is 62.3 Å². The number of hydrogen-bond acceptors (Lipinski definition) is 8. The molecule has 0 bridgehead atoms. The number of aromatic nitrogens is 4. The maximum Gasteiger partial charge on any atom is 0.335 e. The molecule has 9 nitrogen and oxygen atoms in total. The van der Waals surface area contributed by atoms with Crippen LogP contribution in [0.5, 0.6) is 0 Å². The number of fused-ring (bicyclic) bond motifs is 2. The summed E-state index contributed by atoms with van der Waals surface area (Å²) in [5.41, 5.74) is 8.41. The van der Waals surface area contributed by atoms with Crippen molar-refractivity contribution in [1.29, 1.82) is 0 Å². The van der Waals surface area contributed by atoms with Crippen LogP contribution in [-0.2, 0) is 17.7 Å². The third-order valence-electron chi connectivity index (χ3n) is 7.64. The largest absolute Gasteiger partial charge is 0.414 e. The van der Waals surface area contributed by atoms with E-state index in [-0.39, 0.29) is 35.4 Å². The number of anilines is 1. The Labute approximate surface area is 205 Å². The predicted molar refractivity (Wildman–Crippen MR) is 137 cm³/mol. The van der Waals surface area contributed by atoms with Crippen molar-refractivity contribution in [3.63, 3.8) is 0 Å². The first-order valence-electron chi connectivity index (χ1n) is 12.5. The molecular formula is C23H41N5O4Si2. The smallest absolute Gasteiger partial charge is 0.335 e. The van der Waals surface area contributed by atoms with Crippen LogP contribution in [0.2, 0.25) is 22.2 Å². The summed E-state index contributed by atoms with van der Waals surface area (Å²) < 4.78 is 30.0. The van der Waals surface area contributed by atoms with Gasteiger partial charge in [-0.2, -0.15) is 0 Å². The zero-order valence-electron chi connectivity index (χ0n) is 22.0. The summed E-state index contributed by atoms with van der Waals surface area (Å²) in [6, 6.07) is 0. The first-order chi connectivity index (χ1) is 15.9. The second kappa shape index (κ2) is 9.25. The number of ether oxygens (including phenoxy) is 1. The Morgan fingerprint density at radius 3 is 2.15 bits per heavy atom. The van der Waals surface area contributed by atoms with Crippen LogP contribution in [0.15, 0.2) is 12.7 Å². The highest BCUT2D eigenvalue weighted by molar-refractivity contribution is 6.83. The van der Waals surface area contributed by atoms with Crippen molar-refractivity contribution in [3.05, 3.63) is 12.7 Å². The molecule has 0 aliphatic carbocycles. The fourth-order valence-corrected chi connectivity index (χ4v) is 17.0. The quantitative estimate of drug-likeness (QED) is 0.570. The minimum absolute atomic E-state index is 0.0439. The molecule has 0 amide bonds. The van der Waals surface area contributed by atoms with Crippen LogP contribution in [0.4, 0.5) is 5.82 Å². The normalized spacial score (nSPS) is 29.2. The molecule has 0 saturated carbocycles. The molecular weight excluding hydrogens is 466 g/mol. The molecule has 4 rings (SSSR count). The number of hydrogen-bond donors (Lipinski definition) is 1. The Balaban J connectivity index is 1.77. The molecule has 0 aromatic carbocycles. The molecule has 2 saturated heterocycles. The summed E-state index contributed by atoms with van der Waals surface area (Å²) in [7, 11) is -5.30. The lowest BCUT2D eigenvalue weighted by Gasteiger charge is -2.51. The van der Waals surface area contributed by atoms with E-state index in [0.29, 0.717) is 34.7 Å². The van der Waals surface area contributed by atoms with Crippen molar-refractivity contribution in [2.45, 2.75) is 103 Å². The molecule has 0 radical (unpaired) electrons. The Hall–Kier alpha value is -1.38. The average Bonchev–Trinajstić information content (AvgIpc) is 3.29. The predicted octanol–water partition coefficient (Wildman–Crippen LogP) is 4.90. The van der Waals surface area contributed by atoms with Crippen LogP contribution >= 0.6 is 0 Å². The van der Waals surface area contributed by atoms with Gasteiger partial charge in [-0.25, -0.2) is 15.0 Å². The Kier molecular flexibility index (Phi) is 6.99. The fraction of sp³-hybridized carbons (Fsp3) is 0.783. The van der Waals surface area contributed by atoms with E-state index in [1.54, 1.807) is 6.33 Å². The van der Waals surface area contributed by atoms with Gasteiger partial charge in [-0.3, -0.25) is 4.57 Å². The van der Waals surface area contributed by atoms with Gasteiger partial charge in [-0.05, 0) is 22.2 Å². The van der Waals surface area contributed by atoms with Gasteiger partial charge in [0, 0.05) is 5.92 Å².